The molecule has 0 saturated carbocycles. The summed E-state index contributed by atoms with van der Waals surface area (Å²) in [5, 5.41) is 4.64. The second kappa shape index (κ2) is 6.91. The Kier molecular flexibility index (Phi) is 4.70. The van der Waals surface area contributed by atoms with Gasteiger partial charge in [0.2, 0.25) is 11.7 Å². The lowest BCUT2D eigenvalue weighted by Gasteiger charge is -2.08. The van der Waals surface area contributed by atoms with Gasteiger partial charge in [0.15, 0.2) is 0 Å². The van der Waals surface area contributed by atoms with Crippen LogP contribution in [-0.4, -0.2) is 21.5 Å². The average molecular weight is 353 g/mol. The lowest BCUT2D eigenvalue weighted by molar-refractivity contribution is -0.274. The van der Waals surface area contributed by atoms with E-state index in [1.54, 1.807) is 6.20 Å². The van der Waals surface area contributed by atoms with Crippen LogP contribution in [0.1, 0.15) is 5.89 Å². The third-order valence-electron chi connectivity index (χ3n) is 2.80. The zero-order valence-electron chi connectivity index (χ0n) is 12.0. The number of thioether (sulfide) groups is 1. The number of nitrogens with zero attached hydrogens (tertiary/aromatic N) is 3. The number of hydrogen-bond donors (Lipinski definition) is 0. The fourth-order valence-electron chi connectivity index (χ4n) is 1.80. The van der Waals surface area contributed by atoms with Crippen LogP contribution in [-0.2, 0) is 5.75 Å². The molecule has 2 heterocycles. The fraction of sp³-hybridized carbons (Fsp3) is 0.133. The highest BCUT2D eigenvalue weighted by Gasteiger charge is 2.31. The molecule has 0 atom stereocenters. The minimum atomic E-state index is -4.72. The highest BCUT2D eigenvalue weighted by atomic mass is 32.2. The van der Waals surface area contributed by atoms with Crippen molar-refractivity contribution >= 4 is 11.8 Å². The molecule has 0 saturated heterocycles. The molecule has 3 aromatic rings. The van der Waals surface area contributed by atoms with E-state index >= 15 is 0 Å². The van der Waals surface area contributed by atoms with Crippen LogP contribution in [0.25, 0.3) is 11.4 Å². The molecule has 0 fully saturated rings. The van der Waals surface area contributed by atoms with Crippen LogP contribution in [0.15, 0.2) is 58.2 Å². The van der Waals surface area contributed by atoms with Gasteiger partial charge in [-0.3, -0.25) is 0 Å². The highest BCUT2D eigenvalue weighted by molar-refractivity contribution is 7.98. The summed E-state index contributed by atoms with van der Waals surface area (Å²) in [5.41, 5.74) is 0.530. The van der Waals surface area contributed by atoms with Gasteiger partial charge in [-0.25, -0.2) is 4.98 Å². The number of rotatable bonds is 5. The standard InChI is InChI=1S/C15H10F3N3O2S/c16-15(17,18)22-11-6-4-10(5-7-11)14-20-12(23-21-14)9-24-13-3-1-2-8-19-13/h1-8H,9H2. The molecule has 0 bridgehead atoms. The molecule has 0 N–H and O–H groups in total. The van der Waals surface area contributed by atoms with E-state index in [1.165, 1.54) is 36.0 Å². The van der Waals surface area contributed by atoms with Gasteiger partial charge in [0.1, 0.15) is 5.75 Å². The summed E-state index contributed by atoms with van der Waals surface area (Å²) in [6.45, 7) is 0. The van der Waals surface area contributed by atoms with Crippen LogP contribution in [0.5, 0.6) is 5.75 Å². The Morgan fingerprint density at radius 3 is 2.54 bits per heavy atom. The molecule has 0 aliphatic heterocycles. The Morgan fingerprint density at radius 2 is 1.88 bits per heavy atom. The SMILES string of the molecule is FC(F)(F)Oc1ccc(-c2noc(CSc3ccccn3)n2)cc1. The largest absolute Gasteiger partial charge is 0.573 e. The molecular formula is C15H10F3N3O2S. The molecule has 0 aliphatic carbocycles. The van der Waals surface area contributed by atoms with Crippen molar-refractivity contribution in [1.29, 1.82) is 0 Å². The molecule has 1 aromatic carbocycles. The summed E-state index contributed by atoms with van der Waals surface area (Å²) >= 11 is 1.44. The minimum Gasteiger partial charge on any atom is -0.406 e. The van der Waals surface area contributed by atoms with Gasteiger partial charge in [-0.1, -0.05) is 23.0 Å². The maximum atomic E-state index is 12.1. The number of pyridine rings is 1. The normalized spacial score (nSPS) is 11.5. The van der Waals surface area contributed by atoms with E-state index in [-0.39, 0.29) is 5.75 Å². The first-order valence-corrected chi connectivity index (χ1v) is 7.71. The summed E-state index contributed by atoms with van der Waals surface area (Å²) in [4.78, 5) is 8.38. The predicted octanol–water partition coefficient (Wildman–Crippen LogP) is 4.32. The van der Waals surface area contributed by atoms with Crippen LogP contribution in [0.4, 0.5) is 13.2 Å². The Hall–Kier alpha value is -2.55. The smallest absolute Gasteiger partial charge is 0.406 e. The van der Waals surface area contributed by atoms with Gasteiger partial charge in [0.25, 0.3) is 0 Å². The average Bonchev–Trinajstić information content (AvgIpc) is 3.02. The monoisotopic (exact) mass is 353 g/mol. The zero-order chi connectivity index (χ0) is 17.0. The van der Waals surface area contributed by atoms with Crippen molar-refractivity contribution in [1.82, 2.24) is 15.1 Å². The molecule has 0 radical (unpaired) electrons. The Balaban J connectivity index is 1.64. The number of aromatic nitrogens is 3. The van der Waals surface area contributed by atoms with Gasteiger partial charge in [-0.15, -0.1) is 13.2 Å². The number of benzene rings is 1. The lowest BCUT2D eigenvalue weighted by atomic mass is 10.2. The van der Waals surface area contributed by atoms with E-state index in [2.05, 4.69) is 19.9 Å². The number of hydrogen-bond acceptors (Lipinski definition) is 6. The third kappa shape index (κ3) is 4.48. The van der Waals surface area contributed by atoms with E-state index in [0.717, 1.165) is 5.03 Å². The van der Waals surface area contributed by atoms with Crippen LogP contribution < -0.4 is 4.74 Å². The summed E-state index contributed by atoms with van der Waals surface area (Å²) in [6.07, 6.45) is -3.03. The first-order valence-electron chi connectivity index (χ1n) is 6.72. The summed E-state index contributed by atoms with van der Waals surface area (Å²) in [6, 6.07) is 10.8. The Labute approximate surface area is 138 Å². The molecular weight excluding hydrogens is 343 g/mol. The van der Waals surface area contributed by atoms with Gasteiger partial charge >= 0.3 is 6.36 Å². The van der Waals surface area contributed by atoms with Crippen molar-refractivity contribution < 1.29 is 22.4 Å². The number of ether oxygens (including phenoxy) is 1. The van der Waals surface area contributed by atoms with E-state index < -0.39 is 6.36 Å². The second-order valence-corrected chi connectivity index (χ2v) is 5.54. The van der Waals surface area contributed by atoms with Gasteiger partial charge in [-0.2, -0.15) is 4.98 Å². The Morgan fingerprint density at radius 1 is 1.08 bits per heavy atom. The van der Waals surface area contributed by atoms with Crippen molar-refractivity contribution in [2.24, 2.45) is 0 Å². The molecule has 24 heavy (non-hydrogen) atoms. The van der Waals surface area contributed by atoms with E-state index in [4.69, 9.17) is 4.52 Å². The second-order valence-electron chi connectivity index (χ2n) is 4.54. The molecule has 0 aliphatic rings. The van der Waals surface area contributed by atoms with Gasteiger partial charge < -0.3 is 9.26 Å². The predicted molar refractivity (Wildman–Crippen MR) is 80.2 cm³/mol. The maximum Gasteiger partial charge on any atom is 0.573 e. The molecule has 9 heteroatoms. The topological polar surface area (TPSA) is 61.0 Å². The molecule has 0 unspecified atom stereocenters. The van der Waals surface area contributed by atoms with Crippen molar-refractivity contribution in [2.45, 2.75) is 17.1 Å². The van der Waals surface area contributed by atoms with Gasteiger partial charge in [-0.05, 0) is 36.4 Å². The molecule has 124 valence electrons. The molecule has 5 nitrogen and oxygen atoms in total. The summed E-state index contributed by atoms with van der Waals surface area (Å²) in [5.74, 6) is 0.835. The molecule has 3 rings (SSSR count). The van der Waals surface area contributed by atoms with Crippen molar-refractivity contribution in [3.63, 3.8) is 0 Å². The van der Waals surface area contributed by atoms with Crippen molar-refractivity contribution in [3.8, 4) is 17.1 Å². The molecule has 0 spiro atoms. The van der Waals surface area contributed by atoms with E-state index in [9.17, 15) is 13.2 Å². The summed E-state index contributed by atoms with van der Waals surface area (Å²) in [7, 11) is 0. The van der Waals surface area contributed by atoms with E-state index in [1.807, 2.05) is 18.2 Å². The Bertz CT molecular complexity index is 792. The highest BCUT2D eigenvalue weighted by Crippen LogP contribution is 2.26. The molecule has 0 amide bonds. The lowest BCUT2D eigenvalue weighted by Crippen LogP contribution is -2.16. The first kappa shape index (κ1) is 16.3. The van der Waals surface area contributed by atoms with Crippen molar-refractivity contribution in [3.05, 3.63) is 54.6 Å². The quantitative estimate of drug-likeness (QED) is 0.637. The fourth-order valence-corrected chi connectivity index (χ4v) is 2.50. The van der Waals surface area contributed by atoms with Crippen molar-refractivity contribution in [2.75, 3.05) is 0 Å². The van der Waals surface area contributed by atoms with E-state index in [0.29, 0.717) is 23.0 Å². The van der Waals surface area contributed by atoms with Gasteiger partial charge in [0, 0.05) is 11.8 Å². The first-order chi connectivity index (χ1) is 11.5. The number of halogens is 3. The van der Waals surface area contributed by atoms with Gasteiger partial charge in [0.05, 0.1) is 10.8 Å². The summed E-state index contributed by atoms with van der Waals surface area (Å²) < 4.78 is 45.3. The number of alkyl halides is 3. The van der Waals surface area contributed by atoms with Crippen LogP contribution in [0.2, 0.25) is 0 Å². The minimum absolute atomic E-state index is 0.296. The third-order valence-corrected chi connectivity index (χ3v) is 3.72. The van der Waals surface area contributed by atoms with Crippen LogP contribution in [0.3, 0.4) is 0 Å². The maximum absolute atomic E-state index is 12.1. The molecule has 2 aromatic heterocycles. The van der Waals surface area contributed by atoms with Crippen LogP contribution in [0, 0.1) is 0 Å². The zero-order valence-corrected chi connectivity index (χ0v) is 12.8. The van der Waals surface area contributed by atoms with Crippen LogP contribution >= 0.6 is 11.8 Å².